The van der Waals surface area contributed by atoms with Crippen LogP contribution in [0, 0.1) is 0 Å². The Morgan fingerprint density at radius 2 is 1.85 bits per heavy atom. The van der Waals surface area contributed by atoms with Crippen LogP contribution in [0.3, 0.4) is 0 Å². The monoisotopic (exact) mass is 484 g/mol. The standard InChI is InChI=1S/C21H20N6O4S2/c28-18(13-32-21-24-20-19(25-26-21)16-3-1-2-4-17(16)23-20)22-14-5-7-15(8-6-14)33(29,30)27-9-11-31-12-10-27/h1-8H,9-13H2,(H,22,28)(H,23,24,26). The van der Waals surface area contributed by atoms with Gasteiger partial charge in [-0.25, -0.2) is 13.4 Å². The van der Waals surface area contributed by atoms with Gasteiger partial charge in [-0.2, -0.15) is 4.31 Å². The molecule has 0 aliphatic carbocycles. The summed E-state index contributed by atoms with van der Waals surface area (Å²) in [7, 11) is -3.57. The van der Waals surface area contributed by atoms with Crippen molar-refractivity contribution in [3.63, 3.8) is 0 Å². The second-order valence-corrected chi connectivity index (χ2v) is 10.2. The van der Waals surface area contributed by atoms with Gasteiger partial charge in [0.1, 0.15) is 5.52 Å². The summed E-state index contributed by atoms with van der Waals surface area (Å²) in [6, 6.07) is 13.9. The number of morpholine rings is 1. The predicted octanol–water partition coefficient (Wildman–Crippen LogP) is 2.26. The van der Waals surface area contributed by atoms with Crippen molar-refractivity contribution in [1.29, 1.82) is 0 Å². The van der Waals surface area contributed by atoms with E-state index in [0.29, 0.717) is 48.3 Å². The van der Waals surface area contributed by atoms with Gasteiger partial charge in [-0.3, -0.25) is 4.79 Å². The average Bonchev–Trinajstić information content (AvgIpc) is 3.21. The van der Waals surface area contributed by atoms with Crippen molar-refractivity contribution in [2.24, 2.45) is 0 Å². The molecule has 0 saturated carbocycles. The van der Waals surface area contributed by atoms with Gasteiger partial charge in [-0.15, -0.1) is 10.2 Å². The molecule has 0 radical (unpaired) electrons. The molecule has 4 aromatic rings. The second kappa shape index (κ2) is 9.06. The summed E-state index contributed by atoms with van der Waals surface area (Å²) in [4.78, 5) is 20.2. The van der Waals surface area contributed by atoms with E-state index < -0.39 is 10.0 Å². The third kappa shape index (κ3) is 4.55. The molecule has 33 heavy (non-hydrogen) atoms. The Morgan fingerprint density at radius 1 is 1.09 bits per heavy atom. The number of nitrogens with one attached hydrogen (secondary N) is 2. The molecule has 5 rings (SSSR count). The molecule has 10 nitrogen and oxygen atoms in total. The number of para-hydroxylation sites is 1. The van der Waals surface area contributed by atoms with Crippen LogP contribution in [0.1, 0.15) is 0 Å². The normalized spacial score (nSPS) is 15.2. The largest absolute Gasteiger partial charge is 0.379 e. The van der Waals surface area contributed by atoms with Crippen LogP contribution >= 0.6 is 11.8 Å². The van der Waals surface area contributed by atoms with Gasteiger partial charge in [0.05, 0.1) is 23.9 Å². The zero-order valence-corrected chi connectivity index (χ0v) is 19.0. The lowest BCUT2D eigenvalue weighted by molar-refractivity contribution is -0.113. The number of thioether (sulfide) groups is 1. The minimum Gasteiger partial charge on any atom is -0.379 e. The number of anilines is 1. The first kappa shape index (κ1) is 21.8. The van der Waals surface area contributed by atoms with E-state index in [1.165, 1.54) is 28.2 Å². The quantitative estimate of drug-likeness (QED) is 0.399. The highest BCUT2D eigenvalue weighted by Gasteiger charge is 2.26. The third-order valence-electron chi connectivity index (χ3n) is 5.18. The number of fused-ring (bicyclic) bond motifs is 3. The number of hydrogen-bond donors (Lipinski definition) is 2. The van der Waals surface area contributed by atoms with Crippen LogP contribution in [0.2, 0.25) is 0 Å². The van der Waals surface area contributed by atoms with Gasteiger partial charge < -0.3 is 15.0 Å². The molecule has 170 valence electrons. The molecule has 1 fully saturated rings. The first-order valence-electron chi connectivity index (χ1n) is 10.2. The number of carbonyl (C=O) groups is 1. The number of aromatic amines is 1. The van der Waals surface area contributed by atoms with Crippen molar-refractivity contribution in [1.82, 2.24) is 24.5 Å². The number of nitrogens with zero attached hydrogens (tertiary/aromatic N) is 4. The van der Waals surface area contributed by atoms with Crippen LogP contribution in [-0.2, 0) is 19.6 Å². The summed E-state index contributed by atoms with van der Waals surface area (Å²) >= 11 is 1.17. The minimum absolute atomic E-state index is 0.0846. The SMILES string of the molecule is O=C(CSc1nnc2c(n1)[nH]c1ccccc12)Nc1ccc(S(=O)(=O)N2CCOCC2)cc1. The lowest BCUT2D eigenvalue weighted by Crippen LogP contribution is -2.40. The number of hydrogen-bond acceptors (Lipinski definition) is 8. The average molecular weight is 485 g/mol. The van der Waals surface area contributed by atoms with Crippen LogP contribution in [0.5, 0.6) is 0 Å². The fourth-order valence-electron chi connectivity index (χ4n) is 3.54. The molecule has 2 aromatic carbocycles. The molecule has 1 aliphatic heterocycles. The van der Waals surface area contributed by atoms with E-state index >= 15 is 0 Å². The number of ether oxygens (including phenoxy) is 1. The Labute approximate surface area is 193 Å². The van der Waals surface area contributed by atoms with Crippen molar-refractivity contribution in [2.45, 2.75) is 10.1 Å². The van der Waals surface area contributed by atoms with E-state index in [2.05, 4.69) is 25.5 Å². The van der Waals surface area contributed by atoms with E-state index in [1.54, 1.807) is 12.1 Å². The van der Waals surface area contributed by atoms with Crippen molar-refractivity contribution in [3.8, 4) is 0 Å². The van der Waals surface area contributed by atoms with E-state index in [0.717, 1.165) is 10.9 Å². The molecule has 1 aliphatic rings. The zero-order chi connectivity index (χ0) is 22.8. The predicted molar refractivity (Wildman–Crippen MR) is 125 cm³/mol. The van der Waals surface area contributed by atoms with Gasteiger partial charge in [0.2, 0.25) is 21.1 Å². The molecule has 0 spiro atoms. The van der Waals surface area contributed by atoms with Crippen LogP contribution in [0.4, 0.5) is 5.69 Å². The third-order valence-corrected chi connectivity index (χ3v) is 7.93. The number of benzene rings is 2. The summed E-state index contributed by atoms with van der Waals surface area (Å²) in [5, 5.41) is 12.4. The smallest absolute Gasteiger partial charge is 0.243 e. The molecular weight excluding hydrogens is 464 g/mol. The molecule has 1 amide bonds. The van der Waals surface area contributed by atoms with Gasteiger partial charge in [-0.1, -0.05) is 30.0 Å². The number of sulfonamides is 1. The molecular formula is C21H20N6O4S2. The molecule has 1 saturated heterocycles. The number of carbonyl (C=O) groups excluding carboxylic acids is 1. The Hall–Kier alpha value is -3.06. The van der Waals surface area contributed by atoms with Crippen molar-refractivity contribution >= 4 is 55.4 Å². The number of amides is 1. The first-order chi connectivity index (χ1) is 16.0. The van der Waals surface area contributed by atoms with Gasteiger partial charge >= 0.3 is 0 Å². The van der Waals surface area contributed by atoms with E-state index in [4.69, 9.17) is 4.74 Å². The van der Waals surface area contributed by atoms with E-state index in [-0.39, 0.29) is 16.6 Å². The molecule has 0 bridgehead atoms. The fraction of sp³-hybridized carbons (Fsp3) is 0.238. The van der Waals surface area contributed by atoms with Crippen molar-refractivity contribution < 1.29 is 17.9 Å². The molecule has 3 heterocycles. The maximum absolute atomic E-state index is 12.7. The summed E-state index contributed by atoms with van der Waals surface area (Å²) < 4.78 is 32.0. The van der Waals surface area contributed by atoms with Gasteiger partial charge in [0.25, 0.3) is 0 Å². The van der Waals surface area contributed by atoms with Crippen LogP contribution in [0.25, 0.3) is 22.1 Å². The molecule has 0 unspecified atom stereocenters. The second-order valence-electron chi connectivity index (χ2n) is 7.34. The Morgan fingerprint density at radius 3 is 2.64 bits per heavy atom. The zero-order valence-electron chi connectivity index (χ0n) is 17.4. The lowest BCUT2D eigenvalue weighted by atomic mass is 10.2. The summed E-state index contributed by atoms with van der Waals surface area (Å²) in [6.45, 7) is 1.44. The molecule has 2 aromatic heterocycles. The topological polar surface area (TPSA) is 130 Å². The van der Waals surface area contributed by atoms with Crippen molar-refractivity contribution in [2.75, 3.05) is 37.4 Å². The van der Waals surface area contributed by atoms with E-state index in [1.807, 2.05) is 24.3 Å². The summed E-state index contributed by atoms with van der Waals surface area (Å²) in [5.74, 6) is -0.175. The number of rotatable bonds is 6. The molecule has 12 heteroatoms. The summed E-state index contributed by atoms with van der Waals surface area (Å²) in [6.07, 6.45) is 0. The fourth-order valence-corrected chi connectivity index (χ4v) is 5.54. The highest BCUT2D eigenvalue weighted by atomic mass is 32.2. The summed E-state index contributed by atoms with van der Waals surface area (Å²) in [5.41, 5.74) is 2.73. The number of aromatic nitrogens is 4. The maximum Gasteiger partial charge on any atom is 0.243 e. The van der Waals surface area contributed by atoms with Crippen LogP contribution in [-0.4, -0.2) is 70.9 Å². The molecule has 2 N–H and O–H groups in total. The number of H-pyrrole nitrogens is 1. The van der Waals surface area contributed by atoms with Gasteiger partial charge in [0.15, 0.2) is 5.65 Å². The van der Waals surface area contributed by atoms with Crippen molar-refractivity contribution in [3.05, 3.63) is 48.5 Å². The lowest BCUT2D eigenvalue weighted by Gasteiger charge is -2.26. The Bertz CT molecular complexity index is 1420. The van der Waals surface area contributed by atoms with Crippen LogP contribution in [0.15, 0.2) is 58.6 Å². The van der Waals surface area contributed by atoms with Gasteiger partial charge in [0, 0.05) is 29.7 Å². The minimum atomic E-state index is -3.57. The Balaban J connectivity index is 1.21. The van der Waals surface area contributed by atoms with Crippen LogP contribution < -0.4 is 5.32 Å². The molecule has 0 atom stereocenters. The Kier molecular flexibility index (Phi) is 5.98. The highest BCUT2D eigenvalue weighted by molar-refractivity contribution is 7.99. The van der Waals surface area contributed by atoms with E-state index in [9.17, 15) is 13.2 Å². The van der Waals surface area contributed by atoms with Gasteiger partial charge in [-0.05, 0) is 30.3 Å². The first-order valence-corrected chi connectivity index (χ1v) is 12.6. The maximum atomic E-state index is 12.7. The highest BCUT2D eigenvalue weighted by Crippen LogP contribution is 2.24.